The maximum absolute atomic E-state index is 14.4. The molecule has 12 heteroatoms. The lowest BCUT2D eigenvalue weighted by molar-refractivity contribution is -0.154. The van der Waals surface area contributed by atoms with Crippen molar-refractivity contribution in [3.05, 3.63) is 24.0 Å². The molecule has 28 heavy (non-hydrogen) atoms. The predicted molar refractivity (Wildman–Crippen MR) is 89.9 cm³/mol. The average molecular weight is 406 g/mol. The minimum Gasteiger partial charge on any atom is -0.370 e. The first-order valence-corrected chi connectivity index (χ1v) is 8.04. The van der Waals surface area contributed by atoms with E-state index in [1.54, 1.807) is 0 Å². The van der Waals surface area contributed by atoms with Gasteiger partial charge in [0.15, 0.2) is 6.04 Å². The van der Waals surface area contributed by atoms with Gasteiger partial charge in [0.25, 0.3) is 11.8 Å². The number of hydrogen-bond acceptors (Lipinski definition) is 5. The van der Waals surface area contributed by atoms with Crippen molar-refractivity contribution in [2.45, 2.75) is 12.2 Å². The van der Waals surface area contributed by atoms with Crippen LogP contribution in [0.1, 0.15) is 0 Å². The number of carbonyl (C=O) groups excluding carboxylic acids is 3. The van der Waals surface area contributed by atoms with Crippen molar-refractivity contribution in [2.75, 3.05) is 43.6 Å². The summed E-state index contributed by atoms with van der Waals surface area (Å²) in [5.41, 5.74) is 4.89. The Morgan fingerprint density at radius 2 is 2.07 bits per heavy atom. The van der Waals surface area contributed by atoms with Crippen molar-refractivity contribution < 1.29 is 36.7 Å². The Labute approximate surface area is 157 Å². The number of halogens is 4. The van der Waals surface area contributed by atoms with Gasteiger partial charge in [-0.25, -0.2) is 4.39 Å². The monoisotopic (exact) mass is 406 g/mol. The molecule has 1 aromatic rings. The summed E-state index contributed by atoms with van der Waals surface area (Å²) in [5.74, 6) is -3.72. The lowest BCUT2D eigenvalue weighted by Crippen LogP contribution is -2.52. The van der Waals surface area contributed by atoms with Gasteiger partial charge in [-0.2, -0.15) is 13.2 Å². The summed E-state index contributed by atoms with van der Waals surface area (Å²) in [6, 6.07) is 1.45. The van der Waals surface area contributed by atoms with Gasteiger partial charge in [-0.1, -0.05) is 0 Å². The predicted octanol–water partition coefficient (Wildman–Crippen LogP) is 0.475. The van der Waals surface area contributed by atoms with Crippen molar-refractivity contribution >= 4 is 29.1 Å². The first kappa shape index (κ1) is 21.6. The van der Waals surface area contributed by atoms with E-state index in [-0.39, 0.29) is 31.1 Å². The molecule has 8 nitrogen and oxygen atoms in total. The fourth-order valence-corrected chi connectivity index (χ4v) is 2.71. The van der Waals surface area contributed by atoms with Crippen LogP contribution in [0.3, 0.4) is 0 Å². The third kappa shape index (κ3) is 5.39. The molecule has 3 amide bonds. The summed E-state index contributed by atoms with van der Waals surface area (Å²) in [7, 11) is 0.913. The van der Waals surface area contributed by atoms with Crippen LogP contribution < -0.4 is 16.0 Å². The highest BCUT2D eigenvalue weighted by molar-refractivity contribution is 6.09. The summed E-state index contributed by atoms with van der Waals surface area (Å²) in [5, 5.41) is 2.16. The van der Waals surface area contributed by atoms with E-state index in [4.69, 9.17) is 10.5 Å². The van der Waals surface area contributed by atoms with Crippen LogP contribution in [0.2, 0.25) is 0 Å². The number of nitrogens with zero attached hydrogens (tertiary/aromatic N) is 2. The molecule has 3 N–H and O–H groups in total. The molecule has 2 rings (SSSR count). The van der Waals surface area contributed by atoms with Crippen LogP contribution in [-0.4, -0.2) is 68.2 Å². The zero-order chi connectivity index (χ0) is 21.1. The molecule has 0 bridgehead atoms. The molecule has 1 aliphatic heterocycles. The van der Waals surface area contributed by atoms with Crippen molar-refractivity contribution in [3.63, 3.8) is 0 Å². The van der Waals surface area contributed by atoms with Crippen molar-refractivity contribution in [1.29, 1.82) is 0 Å². The van der Waals surface area contributed by atoms with E-state index < -0.39 is 42.3 Å². The largest absolute Gasteiger partial charge is 0.401 e. The second-order valence-corrected chi connectivity index (χ2v) is 6.09. The number of anilines is 2. The van der Waals surface area contributed by atoms with Gasteiger partial charge in [0.1, 0.15) is 12.4 Å². The summed E-state index contributed by atoms with van der Waals surface area (Å²) in [6.45, 7) is -1.35. The number of alkyl halides is 3. The molecular formula is C16H18F4N4O4. The molecule has 1 fully saturated rings. The number of benzene rings is 1. The third-order valence-corrected chi connectivity index (χ3v) is 3.88. The van der Waals surface area contributed by atoms with Crippen LogP contribution in [0, 0.1) is 5.82 Å². The number of likely N-dealkylation sites (N-methyl/N-ethyl adjacent to an activating group) is 1. The molecule has 0 aromatic heterocycles. The quantitative estimate of drug-likeness (QED) is 0.528. The molecule has 1 aliphatic rings. The van der Waals surface area contributed by atoms with Crippen molar-refractivity contribution in [3.8, 4) is 0 Å². The Bertz CT molecular complexity index is 772. The minimum atomic E-state index is -4.65. The zero-order valence-electron chi connectivity index (χ0n) is 14.8. The highest BCUT2D eigenvalue weighted by atomic mass is 19.4. The Kier molecular flexibility index (Phi) is 6.56. The molecule has 0 saturated carbocycles. The summed E-state index contributed by atoms with van der Waals surface area (Å²) in [6.07, 6.45) is -4.65. The van der Waals surface area contributed by atoms with Gasteiger partial charge >= 0.3 is 6.18 Å². The topological polar surface area (TPSA) is 105 Å². The maximum Gasteiger partial charge on any atom is 0.401 e. The first-order valence-electron chi connectivity index (χ1n) is 8.04. The second-order valence-electron chi connectivity index (χ2n) is 6.09. The lowest BCUT2D eigenvalue weighted by atomic mass is 10.2. The van der Waals surface area contributed by atoms with E-state index in [1.807, 2.05) is 0 Å². The Morgan fingerprint density at radius 1 is 1.39 bits per heavy atom. The van der Waals surface area contributed by atoms with E-state index in [2.05, 4.69) is 5.32 Å². The number of rotatable bonds is 6. The lowest BCUT2D eigenvalue weighted by Gasteiger charge is -2.27. The number of ether oxygens (including phenoxy) is 1. The number of amides is 3. The molecule has 0 aliphatic carbocycles. The Balaban J connectivity index is 2.15. The Morgan fingerprint density at radius 3 is 2.61 bits per heavy atom. The van der Waals surface area contributed by atoms with E-state index >= 15 is 0 Å². The van der Waals surface area contributed by atoms with Crippen LogP contribution >= 0.6 is 0 Å². The van der Waals surface area contributed by atoms with Gasteiger partial charge in [-0.05, 0) is 25.2 Å². The highest BCUT2D eigenvalue weighted by Gasteiger charge is 2.37. The number of hydrogen-bond donors (Lipinski definition) is 2. The molecule has 1 aromatic carbocycles. The Hall–Kier alpha value is -2.73. The van der Waals surface area contributed by atoms with Gasteiger partial charge in [0.05, 0.1) is 18.8 Å². The van der Waals surface area contributed by atoms with Crippen molar-refractivity contribution in [2.24, 2.45) is 5.73 Å². The number of nitrogens with one attached hydrogen (secondary N) is 1. The summed E-state index contributed by atoms with van der Waals surface area (Å²) >= 11 is 0. The highest BCUT2D eigenvalue weighted by Crippen LogP contribution is 2.24. The average Bonchev–Trinajstić information content (AvgIpc) is 2.54. The fourth-order valence-electron chi connectivity index (χ4n) is 2.71. The first-order chi connectivity index (χ1) is 13.0. The minimum absolute atomic E-state index is 0.0352. The van der Waals surface area contributed by atoms with Crippen LogP contribution in [0.5, 0.6) is 0 Å². The number of nitrogens with two attached hydrogens (primary N) is 1. The standard InChI is InChI=1S/C16H18F4N4O4/c1-23(8-16(18,19)20)13(14(21)26)15(27)22-9-2-3-11(10(17)6-9)24-4-5-28-7-12(24)25/h2-3,6,13H,4-5,7-8H2,1H3,(H2,21,26)(H,22,27)/t13-/m1/s1. The third-order valence-electron chi connectivity index (χ3n) is 3.88. The molecule has 0 radical (unpaired) electrons. The zero-order valence-corrected chi connectivity index (χ0v) is 14.8. The molecule has 0 unspecified atom stereocenters. The molecule has 1 heterocycles. The molecular weight excluding hydrogens is 388 g/mol. The van der Waals surface area contributed by atoms with Gasteiger partial charge in [0.2, 0.25) is 5.91 Å². The normalized spacial score (nSPS) is 16.2. The van der Waals surface area contributed by atoms with Gasteiger partial charge < -0.3 is 20.7 Å². The van der Waals surface area contributed by atoms with Crippen molar-refractivity contribution in [1.82, 2.24) is 4.90 Å². The molecule has 1 saturated heterocycles. The SMILES string of the molecule is CN(CC(F)(F)F)[C@H](C(N)=O)C(=O)Nc1ccc(N2CCOCC2=O)c(F)c1. The summed E-state index contributed by atoms with van der Waals surface area (Å²) in [4.78, 5) is 37.0. The molecule has 154 valence electrons. The number of morpholine rings is 1. The van der Waals surface area contributed by atoms with Crippen LogP contribution in [0.4, 0.5) is 28.9 Å². The fraction of sp³-hybridized carbons (Fsp3) is 0.438. The van der Waals surface area contributed by atoms with Crippen LogP contribution in [-0.2, 0) is 19.1 Å². The molecule has 0 spiro atoms. The van der Waals surface area contributed by atoms with E-state index in [0.29, 0.717) is 4.90 Å². The van der Waals surface area contributed by atoms with E-state index in [1.165, 1.54) is 17.0 Å². The maximum atomic E-state index is 14.4. The van der Waals surface area contributed by atoms with Gasteiger partial charge in [-0.15, -0.1) is 0 Å². The summed E-state index contributed by atoms with van der Waals surface area (Å²) < 4.78 is 56.8. The van der Waals surface area contributed by atoms with E-state index in [9.17, 15) is 31.9 Å². The second kappa shape index (κ2) is 8.52. The van der Waals surface area contributed by atoms with E-state index in [0.717, 1.165) is 13.1 Å². The van der Waals surface area contributed by atoms with Gasteiger partial charge in [-0.3, -0.25) is 19.3 Å². The van der Waals surface area contributed by atoms with Crippen LogP contribution in [0.25, 0.3) is 0 Å². The van der Waals surface area contributed by atoms with Crippen LogP contribution in [0.15, 0.2) is 18.2 Å². The number of primary amides is 1. The smallest absolute Gasteiger partial charge is 0.370 e. The number of carbonyl (C=O) groups is 3. The molecule has 1 atom stereocenters. The van der Waals surface area contributed by atoms with Gasteiger partial charge in [0, 0.05) is 12.2 Å².